The normalized spacial score (nSPS) is 12.0. The van der Waals surface area contributed by atoms with Crippen LogP contribution in [-0.2, 0) is 0 Å². The van der Waals surface area contributed by atoms with Crippen molar-refractivity contribution in [2.75, 3.05) is 4.71 Å². The molecule has 0 aliphatic rings. The minimum absolute atomic E-state index is 1.00. The molecule has 0 saturated carbocycles. The average molecular weight is 209 g/mol. The number of hydrogen-bond acceptors (Lipinski definition) is 0. The molecule has 0 fully saturated rings. The zero-order valence-corrected chi connectivity index (χ0v) is 9.56. The van der Waals surface area contributed by atoms with Gasteiger partial charge in [-0.1, -0.05) is 0 Å². The van der Waals surface area contributed by atoms with Crippen LogP contribution >= 0.6 is 11.6 Å². The first kappa shape index (κ1) is 9.83. The van der Waals surface area contributed by atoms with Gasteiger partial charge in [0, 0.05) is 0 Å². The van der Waals surface area contributed by atoms with Gasteiger partial charge in [0.1, 0.15) is 0 Å². The molecule has 0 aromatic heterocycles. The van der Waals surface area contributed by atoms with Gasteiger partial charge in [0.25, 0.3) is 0 Å². The van der Waals surface area contributed by atoms with Crippen LogP contribution in [0.25, 0.3) is 0 Å². The molecular weight excluding hydrogens is 192 g/mol. The Morgan fingerprint density at radius 3 is 1.33 bits per heavy atom. The number of rotatable bonds is 4. The molecule has 0 amide bonds. The van der Waals surface area contributed by atoms with Crippen molar-refractivity contribution in [3.8, 4) is 0 Å². The van der Waals surface area contributed by atoms with Crippen LogP contribution < -0.4 is 0 Å². The summed E-state index contributed by atoms with van der Waals surface area (Å²) in [4.78, 5) is 0. The third-order valence-corrected chi connectivity index (χ3v) is 16.1. The van der Waals surface area contributed by atoms with Crippen LogP contribution in [-0.4, -0.2) is 18.0 Å². The van der Waals surface area contributed by atoms with Crippen LogP contribution in [0.1, 0.15) is 20.8 Å². The Kier molecular flexibility index (Phi) is 5.05. The molecule has 0 aliphatic heterocycles. The van der Waals surface area contributed by atoms with E-state index in [4.69, 9.17) is 11.6 Å². The maximum absolute atomic E-state index is 5.91. The monoisotopic (exact) mass is 210 g/mol. The van der Waals surface area contributed by atoms with E-state index in [1.54, 1.807) is 0 Å². The van der Waals surface area contributed by atoms with E-state index in [2.05, 4.69) is 20.8 Å². The van der Waals surface area contributed by atoms with Crippen LogP contribution in [0.5, 0.6) is 0 Å². The molecule has 0 aliphatic carbocycles. The molecule has 0 spiro atoms. The van der Waals surface area contributed by atoms with Gasteiger partial charge >= 0.3 is 66.1 Å². The molecule has 0 atom stereocenters. The van der Waals surface area contributed by atoms with Crippen molar-refractivity contribution >= 4 is 24.9 Å². The fourth-order valence-corrected chi connectivity index (χ4v) is 8.32. The second-order valence-electron chi connectivity index (χ2n) is 2.69. The molecule has 0 N–H and O–H groups in total. The Balaban J connectivity index is 3.82. The van der Waals surface area contributed by atoms with E-state index >= 15 is 0 Å². The Hall–Kier alpha value is 0.833. The van der Waals surface area contributed by atoms with Crippen molar-refractivity contribution in [1.29, 1.82) is 0 Å². The molecule has 0 rings (SSSR count). The van der Waals surface area contributed by atoms with Gasteiger partial charge < -0.3 is 0 Å². The van der Waals surface area contributed by atoms with E-state index in [1.807, 2.05) is 0 Å². The standard InChI is InChI=1S/C7H17ClGe/c1-4-9(5-2,6-3)7-8/h4-7H2,1-3H3. The van der Waals surface area contributed by atoms with E-state index in [9.17, 15) is 0 Å². The number of hydrogen-bond donors (Lipinski definition) is 0. The molecule has 0 aromatic rings. The molecule has 9 heavy (non-hydrogen) atoms. The van der Waals surface area contributed by atoms with Crippen molar-refractivity contribution in [2.45, 2.75) is 36.5 Å². The van der Waals surface area contributed by atoms with Gasteiger partial charge in [-0.2, -0.15) is 0 Å². The van der Waals surface area contributed by atoms with Crippen molar-refractivity contribution < 1.29 is 0 Å². The summed E-state index contributed by atoms with van der Waals surface area (Å²) in [5.74, 6) is 0. The van der Waals surface area contributed by atoms with Crippen LogP contribution in [0.4, 0.5) is 0 Å². The molecule has 2 heteroatoms. The molecular formula is C7H17ClGe. The second kappa shape index (κ2) is 4.62. The van der Waals surface area contributed by atoms with Gasteiger partial charge in [-0.3, -0.25) is 0 Å². The quantitative estimate of drug-likeness (QED) is 0.492. The first-order valence-corrected chi connectivity index (χ1v) is 10.3. The molecule has 0 radical (unpaired) electrons. The van der Waals surface area contributed by atoms with Gasteiger partial charge in [0.15, 0.2) is 0 Å². The third kappa shape index (κ3) is 2.50. The summed E-state index contributed by atoms with van der Waals surface area (Å²) < 4.78 is 1.00. The van der Waals surface area contributed by atoms with Crippen LogP contribution in [0.2, 0.25) is 15.8 Å². The predicted molar refractivity (Wildman–Crippen MR) is 47.9 cm³/mol. The van der Waals surface area contributed by atoms with Crippen molar-refractivity contribution in [3.63, 3.8) is 0 Å². The maximum atomic E-state index is 5.91. The molecule has 0 saturated heterocycles. The van der Waals surface area contributed by atoms with Crippen LogP contribution in [0.3, 0.4) is 0 Å². The molecule has 0 nitrogen and oxygen atoms in total. The summed E-state index contributed by atoms with van der Waals surface area (Å²) in [5, 5.41) is 4.20. The van der Waals surface area contributed by atoms with Crippen LogP contribution in [0, 0.1) is 0 Å². The first-order valence-electron chi connectivity index (χ1n) is 3.80. The van der Waals surface area contributed by atoms with Crippen LogP contribution in [0.15, 0.2) is 0 Å². The Bertz CT molecular complexity index is 51.8. The topological polar surface area (TPSA) is 0 Å². The zero-order chi connectivity index (χ0) is 7.33. The predicted octanol–water partition coefficient (Wildman–Crippen LogP) is 3.27. The van der Waals surface area contributed by atoms with E-state index in [0.29, 0.717) is 0 Å². The summed E-state index contributed by atoms with van der Waals surface area (Å²) in [7, 11) is 0. The summed E-state index contributed by atoms with van der Waals surface area (Å²) in [6.07, 6.45) is 0. The summed E-state index contributed by atoms with van der Waals surface area (Å²) in [5.41, 5.74) is 0. The minimum atomic E-state index is -1.40. The van der Waals surface area contributed by atoms with Gasteiger partial charge in [0.05, 0.1) is 0 Å². The fourth-order valence-electron chi connectivity index (χ4n) is 1.03. The van der Waals surface area contributed by atoms with E-state index in [1.165, 1.54) is 15.8 Å². The van der Waals surface area contributed by atoms with E-state index < -0.39 is 13.3 Å². The summed E-state index contributed by atoms with van der Waals surface area (Å²) >= 11 is 4.51. The SMILES string of the molecule is C[CH2][Ge]([CH2]C)([CH2]C)[CH2]Cl. The van der Waals surface area contributed by atoms with Gasteiger partial charge in [-0.15, -0.1) is 0 Å². The molecule has 56 valence electrons. The summed E-state index contributed by atoms with van der Waals surface area (Å²) in [6, 6.07) is 0. The van der Waals surface area contributed by atoms with Crippen molar-refractivity contribution in [3.05, 3.63) is 0 Å². The Morgan fingerprint density at radius 1 is 1.00 bits per heavy atom. The Labute approximate surface area is 66.3 Å². The number of alkyl halides is 1. The molecule has 0 unspecified atom stereocenters. The van der Waals surface area contributed by atoms with Crippen molar-refractivity contribution in [1.82, 2.24) is 0 Å². The third-order valence-electron chi connectivity index (χ3n) is 2.53. The molecule has 0 bridgehead atoms. The molecule has 0 heterocycles. The van der Waals surface area contributed by atoms with Gasteiger partial charge in [-0.25, -0.2) is 0 Å². The number of halogens is 1. The zero-order valence-electron chi connectivity index (χ0n) is 6.71. The Morgan fingerprint density at radius 2 is 1.33 bits per heavy atom. The first-order chi connectivity index (χ1) is 4.24. The fraction of sp³-hybridized carbons (Fsp3) is 1.00. The molecule has 0 aromatic carbocycles. The van der Waals surface area contributed by atoms with E-state index in [0.717, 1.165) is 4.71 Å². The average Bonchev–Trinajstić information content (AvgIpc) is 1.95. The van der Waals surface area contributed by atoms with Gasteiger partial charge in [0.2, 0.25) is 0 Å². The van der Waals surface area contributed by atoms with Crippen molar-refractivity contribution in [2.24, 2.45) is 0 Å². The summed E-state index contributed by atoms with van der Waals surface area (Å²) in [6.45, 7) is 6.90. The van der Waals surface area contributed by atoms with Gasteiger partial charge in [-0.05, 0) is 0 Å². The second-order valence-corrected chi connectivity index (χ2v) is 15.4. The van der Waals surface area contributed by atoms with E-state index in [-0.39, 0.29) is 0 Å².